The van der Waals surface area contributed by atoms with Gasteiger partial charge in [0.2, 0.25) is 0 Å². The molecule has 0 saturated carbocycles. The number of benzene rings is 2. The van der Waals surface area contributed by atoms with Crippen LogP contribution in [0.4, 0.5) is 0 Å². The molecule has 0 atom stereocenters. The molecule has 4 aromatic rings. The fourth-order valence-electron chi connectivity index (χ4n) is 3.17. The highest BCUT2D eigenvalue weighted by atomic mass is 79.9. The van der Waals surface area contributed by atoms with Crippen LogP contribution >= 0.6 is 27.3 Å². The minimum Gasteiger partial charge on any atom is -0.287 e. The van der Waals surface area contributed by atoms with Crippen molar-refractivity contribution in [3.05, 3.63) is 58.2 Å². The molecular formula is C20H19BrN2S. The maximum absolute atomic E-state index is 4.91. The molecule has 122 valence electrons. The Labute approximate surface area is 154 Å². The molecule has 0 amide bonds. The van der Waals surface area contributed by atoms with Gasteiger partial charge in [-0.1, -0.05) is 58.8 Å². The Hall–Kier alpha value is -1.65. The van der Waals surface area contributed by atoms with Crippen molar-refractivity contribution in [3.63, 3.8) is 0 Å². The highest BCUT2D eigenvalue weighted by molar-refractivity contribution is 9.10. The van der Waals surface area contributed by atoms with Gasteiger partial charge in [0.25, 0.3) is 0 Å². The van der Waals surface area contributed by atoms with Crippen LogP contribution in [-0.2, 0) is 6.42 Å². The van der Waals surface area contributed by atoms with Crippen LogP contribution in [0.2, 0.25) is 0 Å². The summed E-state index contributed by atoms with van der Waals surface area (Å²) in [4.78, 5) is 5.98. The summed E-state index contributed by atoms with van der Waals surface area (Å²) in [5.74, 6) is 0. The van der Waals surface area contributed by atoms with Crippen LogP contribution in [0.15, 0.2) is 46.9 Å². The van der Waals surface area contributed by atoms with Gasteiger partial charge in [-0.05, 0) is 49.6 Å². The number of imidazole rings is 1. The number of rotatable bonds is 4. The summed E-state index contributed by atoms with van der Waals surface area (Å²) in [6.45, 7) is 4.40. The van der Waals surface area contributed by atoms with Crippen molar-refractivity contribution in [2.75, 3.05) is 0 Å². The molecule has 0 unspecified atom stereocenters. The monoisotopic (exact) mass is 398 g/mol. The van der Waals surface area contributed by atoms with Gasteiger partial charge in [0.05, 0.1) is 15.9 Å². The summed E-state index contributed by atoms with van der Waals surface area (Å²) in [6.07, 6.45) is 3.65. The molecular weight excluding hydrogens is 380 g/mol. The van der Waals surface area contributed by atoms with Gasteiger partial charge in [-0.3, -0.25) is 4.40 Å². The second kappa shape index (κ2) is 6.34. The van der Waals surface area contributed by atoms with E-state index in [1.807, 2.05) is 0 Å². The predicted octanol–water partition coefficient (Wildman–Crippen LogP) is 6.63. The largest absolute Gasteiger partial charge is 0.287 e. The molecule has 0 bridgehead atoms. The van der Waals surface area contributed by atoms with Crippen molar-refractivity contribution < 1.29 is 0 Å². The topological polar surface area (TPSA) is 17.3 Å². The van der Waals surface area contributed by atoms with E-state index in [0.29, 0.717) is 0 Å². The number of unbranched alkanes of at least 4 members (excludes halogenated alkanes) is 1. The van der Waals surface area contributed by atoms with Crippen molar-refractivity contribution in [2.24, 2.45) is 0 Å². The van der Waals surface area contributed by atoms with Gasteiger partial charge in [0, 0.05) is 15.7 Å². The molecule has 2 heterocycles. The van der Waals surface area contributed by atoms with Crippen molar-refractivity contribution >= 4 is 42.4 Å². The van der Waals surface area contributed by atoms with Crippen molar-refractivity contribution in [1.29, 1.82) is 0 Å². The highest BCUT2D eigenvalue weighted by Crippen LogP contribution is 2.33. The van der Waals surface area contributed by atoms with Crippen LogP contribution in [0.25, 0.3) is 26.4 Å². The van der Waals surface area contributed by atoms with Crippen LogP contribution in [0.1, 0.15) is 31.0 Å². The fraction of sp³-hybridized carbons (Fsp3) is 0.250. The first-order chi connectivity index (χ1) is 11.7. The quantitative estimate of drug-likeness (QED) is 0.377. The summed E-state index contributed by atoms with van der Waals surface area (Å²) < 4.78 is 4.72. The SMILES string of the molecule is CCCCc1ccc2c(c1)sc1nc(-c3ccc(Br)cc3)c(C)n12. The first-order valence-corrected chi connectivity index (χ1v) is 9.94. The van der Waals surface area contributed by atoms with Gasteiger partial charge in [0.1, 0.15) is 0 Å². The molecule has 0 N–H and O–H groups in total. The molecule has 0 saturated heterocycles. The number of fused-ring (bicyclic) bond motifs is 3. The lowest BCUT2D eigenvalue weighted by Crippen LogP contribution is -1.88. The van der Waals surface area contributed by atoms with E-state index in [-0.39, 0.29) is 0 Å². The highest BCUT2D eigenvalue weighted by Gasteiger charge is 2.15. The molecule has 0 radical (unpaired) electrons. The van der Waals surface area contributed by atoms with E-state index in [1.54, 1.807) is 11.3 Å². The molecule has 4 heteroatoms. The van der Waals surface area contributed by atoms with Crippen LogP contribution in [0, 0.1) is 6.92 Å². The number of aryl methyl sites for hydroxylation is 2. The average molecular weight is 399 g/mol. The van der Waals surface area contributed by atoms with E-state index in [2.05, 4.69) is 76.6 Å². The minimum absolute atomic E-state index is 1.07. The molecule has 4 rings (SSSR count). The lowest BCUT2D eigenvalue weighted by molar-refractivity contribution is 0.796. The maximum Gasteiger partial charge on any atom is 0.195 e. The van der Waals surface area contributed by atoms with Gasteiger partial charge in [-0.15, -0.1) is 0 Å². The van der Waals surface area contributed by atoms with Crippen LogP contribution < -0.4 is 0 Å². The second-order valence-corrected chi connectivity index (χ2v) is 8.10. The zero-order chi connectivity index (χ0) is 16.7. The molecule has 0 aliphatic rings. The maximum atomic E-state index is 4.91. The van der Waals surface area contributed by atoms with E-state index < -0.39 is 0 Å². The average Bonchev–Trinajstić information content (AvgIpc) is 3.10. The fourth-order valence-corrected chi connectivity index (χ4v) is 4.57. The summed E-state index contributed by atoms with van der Waals surface area (Å²) in [5.41, 5.74) is 6.15. The summed E-state index contributed by atoms with van der Waals surface area (Å²) in [7, 11) is 0. The Morgan fingerprint density at radius 3 is 2.67 bits per heavy atom. The van der Waals surface area contributed by atoms with E-state index in [1.165, 1.54) is 39.9 Å². The number of hydrogen-bond donors (Lipinski definition) is 0. The van der Waals surface area contributed by atoms with Crippen LogP contribution in [0.5, 0.6) is 0 Å². The zero-order valence-electron chi connectivity index (χ0n) is 13.8. The Kier molecular flexibility index (Phi) is 4.19. The summed E-state index contributed by atoms with van der Waals surface area (Å²) in [6, 6.07) is 15.2. The zero-order valence-corrected chi connectivity index (χ0v) is 16.2. The smallest absolute Gasteiger partial charge is 0.195 e. The lowest BCUT2D eigenvalue weighted by atomic mass is 10.1. The van der Waals surface area contributed by atoms with E-state index in [4.69, 9.17) is 4.98 Å². The second-order valence-electron chi connectivity index (χ2n) is 6.18. The van der Waals surface area contributed by atoms with Gasteiger partial charge in [0.15, 0.2) is 4.96 Å². The van der Waals surface area contributed by atoms with Crippen molar-refractivity contribution in [2.45, 2.75) is 33.1 Å². The first-order valence-electron chi connectivity index (χ1n) is 8.34. The van der Waals surface area contributed by atoms with Gasteiger partial charge >= 0.3 is 0 Å². The lowest BCUT2D eigenvalue weighted by Gasteiger charge is -2.02. The van der Waals surface area contributed by atoms with Gasteiger partial charge < -0.3 is 0 Å². The Morgan fingerprint density at radius 1 is 1.12 bits per heavy atom. The molecule has 0 aliphatic heterocycles. The molecule has 2 nitrogen and oxygen atoms in total. The number of thiazole rings is 1. The third-order valence-electron chi connectivity index (χ3n) is 4.48. The van der Waals surface area contributed by atoms with E-state index in [9.17, 15) is 0 Å². The van der Waals surface area contributed by atoms with E-state index in [0.717, 1.165) is 21.5 Å². The molecule has 24 heavy (non-hydrogen) atoms. The predicted molar refractivity (Wildman–Crippen MR) is 107 cm³/mol. The van der Waals surface area contributed by atoms with Gasteiger partial charge in [-0.2, -0.15) is 0 Å². The third-order valence-corrected chi connectivity index (χ3v) is 6.01. The summed E-state index contributed by atoms with van der Waals surface area (Å²) >= 11 is 5.28. The Balaban J connectivity index is 1.83. The normalized spacial score (nSPS) is 11.6. The van der Waals surface area contributed by atoms with Crippen LogP contribution in [-0.4, -0.2) is 9.38 Å². The third kappa shape index (κ3) is 2.68. The molecule has 0 spiro atoms. The molecule has 2 aromatic heterocycles. The van der Waals surface area contributed by atoms with E-state index >= 15 is 0 Å². The Bertz CT molecular complexity index is 1010. The standard InChI is InChI=1S/C20H19BrN2S/c1-3-4-5-14-6-11-17-18(12-14)24-20-22-19(13(2)23(17)20)15-7-9-16(21)10-8-15/h6-12H,3-5H2,1-2H3. The number of nitrogens with zero attached hydrogens (tertiary/aromatic N) is 2. The number of halogens is 1. The van der Waals surface area contributed by atoms with Crippen LogP contribution in [0.3, 0.4) is 0 Å². The number of aromatic nitrogens is 2. The summed E-state index contributed by atoms with van der Waals surface area (Å²) in [5, 5.41) is 0. The molecule has 2 aromatic carbocycles. The van der Waals surface area contributed by atoms with Gasteiger partial charge in [-0.25, -0.2) is 4.98 Å². The molecule has 0 fully saturated rings. The number of hydrogen-bond acceptors (Lipinski definition) is 2. The van der Waals surface area contributed by atoms with Crippen molar-refractivity contribution in [3.8, 4) is 11.3 Å². The Morgan fingerprint density at radius 2 is 1.92 bits per heavy atom. The minimum atomic E-state index is 1.07. The van der Waals surface area contributed by atoms with Crippen molar-refractivity contribution in [1.82, 2.24) is 9.38 Å². The first kappa shape index (κ1) is 15.9. The molecule has 0 aliphatic carbocycles.